The molecule has 24 heavy (non-hydrogen) atoms. The smallest absolute Gasteiger partial charge is 0.224 e. The number of amides is 1. The van der Waals surface area contributed by atoms with Crippen LogP contribution in [0.4, 0.5) is 0 Å². The van der Waals surface area contributed by atoms with Crippen LogP contribution in [-0.2, 0) is 17.8 Å². The molecule has 0 atom stereocenters. The van der Waals surface area contributed by atoms with E-state index >= 15 is 0 Å². The van der Waals surface area contributed by atoms with Crippen molar-refractivity contribution in [2.75, 3.05) is 6.61 Å². The predicted octanol–water partition coefficient (Wildman–Crippen LogP) is 3.35. The lowest BCUT2D eigenvalue weighted by atomic mass is 10.1. The number of hydrogen-bond donors (Lipinski definition) is 1. The van der Waals surface area contributed by atoms with Gasteiger partial charge in [0.2, 0.25) is 5.91 Å². The largest absolute Gasteiger partial charge is 0.494 e. The molecule has 0 spiro atoms. The third-order valence-electron chi connectivity index (χ3n) is 3.53. The van der Waals surface area contributed by atoms with Gasteiger partial charge in [-0.2, -0.15) is 0 Å². The van der Waals surface area contributed by atoms with Crippen molar-refractivity contribution < 1.29 is 9.53 Å². The normalized spacial score (nSPS) is 10.8. The molecule has 0 unspecified atom stereocenters. The van der Waals surface area contributed by atoms with E-state index in [-0.39, 0.29) is 5.91 Å². The summed E-state index contributed by atoms with van der Waals surface area (Å²) in [6.07, 6.45) is 4.19. The van der Waals surface area contributed by atoms with Crippen molar-refractivity contribution >= 4 is 27.5 Å². The Morgan fingerprint density at radius 1 is 1.21 bits per heavy atom. The van der Waals surface area contributed by atoms with Crippen LogP contribution in [0.25, 0.3) is 5.65 Å². The first-order valence-electron chi connectivity index (χ1n) is 7.75. The Bertz CT molecular complexity index is 843. The fourth-order valence-electron chi connectivity index (χ4n) is 2.41. The maximum atomic E-state index is 12.1. The van der Waals surface area contributed by atoms with Gasteiger partial charge >= 0.3 is 0 Å². The first-order chi connectivity index (χ1) is 11.6. The number of fused-ring (bicyclic) bond motifs is 1. The van der Waals surface area contributed by atoms with Gasteiger partial charge in [0, 0.05) is 16.9 Å². The number of imidazole rings is 1. The van der Waals surface area contributed by atoms with Gasteiger partial charge in [-0.1, -0.05) is 12.1 Å². The molecule has 124 valence electrons. The van der Waals surface area contributed by atoms with Crippen molar-refractivity contribution in [2.24, 2.45) is 0 Å². The number of benzene rings is 1. The van der Waals surface area contributed by atoms with E-state index in [2.05, 4.69) is 26.2 Å². The Labute approximate surface area is 148 Å². The van der Waals surface area contributed by atoms with Gasteiger partial charge < -0.3 is 14.5 Å². The number of hydrogen-bond acceptors (Lipinski definition) is 3. The van der Waals surface area contributed by atoms with Crippen molar-refractivity contribution in [1.82, 2.24) is 14.7 Å². The minimum absolute atomic E-state index is 0.0302. The fraction of sp³-hybridized carbons (Fsp3) is 0.222. The lowest BCUT2D eigenvalue weighted by Gasteiger charge is -2.05. The first kappa shape index (κ1) is 16.5. The van der Waals surface area contributed by atoms with Gasteiger partial charge in [-0.25, -0.2) is 4.98 Å². The summed E-state index contributed by atoms with van der Waals surface area (Å²) in [6.45, 7) is 2.99. The Hall–Kier alpha value is -2.34. The first-order valence-corrected chi connectivity index (χ1v) is 8.55. The van der Waals surface area contributed by atoms with E-state index in [9.17, 15) is 4.79 Å². The second kappa shape index (κ2) is 7.49. The number of aromatic nitrogens is 2. The molecule has 0 fully saturated rings. The zero-order valence-electron chi connectivity index (χ0n) is 13.3. The molecule has 0 radical (unpaired) electrons. The summed E-state index contributed by atoms with van der Waals surface area (Å²) >= 11 is 3.43. The Morgan fingerprint density at radius 2 is 2.00 bits per heavy atom. The summed E-state index contributed by atoms with van der Waals surface area (Å²) in [7, 11) is 0. The number of carbonyl (C=O) groups is 1. The van der Waals surface area contributed by atoms with Crippen LogP contribution in [-0.4, -0.2) is 21.9 Å². The number of carbonyl (C=O) groups excluding carboxylic acids is 1. The lowest BCUT2D eigenvalue weighted by Crippen LogP contribution is -2.24. The van der Waals surface area contributed by atoms with Gasteiger partial charge in [0.15, 0.2) is 0 Å². The molecule has 3 aromatic rings. The highest BCUT2D eigenvalue weighted by Crippen LogP contribution is 2.13. The molecule has 0 bridgehead atoms. The molecule has 0 aliphatic heterocycles. The van der Waals surface area contributed by atoms with Crippen LogP contribution in [0.2, 0.25) is 0 Å². The standard InChI is InChI=1S/C18H18BrN3O2/c1-2-24-16-6-3-13(4-7-16)9-18(23)20-10-15-12-22-11-14(19)5-8-17(22)21-15/h3-8,11-12H,2,9-10H2,1H3,(H,20,23). The van der Waals surface area contributed by atoms with E-state index in [0.717, 1.165) is 27.1 Å². The number of halogens is 1. The molecule has 0 aliphatic rings. The third-order valence-corrected chi connectivity index (χ3v) is 4.00. The third kappa shape index (κ3) is 4.14. The van der Waals surface area contributed by atoms with Gasteiger partial charge in [0.05, 0.1) is 25.3 Å². The van der Waals surface area contributed by atoms with E-state index in [1.165, 1.54) is 0 Å². The fourth-order valence-corrected chi connectivity index (χ4v) is 2.76. The average molecular weight is 388 g/mol. The maximum Gasteiger partial charge on any atom is 0.224 e. The zero-order chi connectivity index (χ0) is 16.9. The minimum Gasteiger partial charge on any atom is -0.494 e. The van der Waals surface area contributed by atoms with Crippen molar-refractivity contribution in [1.29, 1.82) is 0 Å². The van der Waals surface area contributed by atoms with Gasteiger partial charge in [-0.3, -0.25) is 4.79 Å². The van der Waals surface area contributed by atoms with Crippen LogP contribution < -0.4 is 10.1 Å². The second-order valence-corrected chi connectivity index (χ2v) is 6.29. The molecular weight excluding hydrogens is 370 g/mol. The van der Waals surface area contributed by atoms with Crippen molar-refractivity contribution in [3.63, 3.8) is 0 Å². The molecule has 2 aromatic heterocycles. The molecule has 1 amide bonds. The van der Waals surface area contributed by atoms with E-state index in [1.807, 2.05) is 60.1 Å². The van der Waals surface area contributed by atoms with Crippen LogP contribution >= 0.6 is 15.9 Å². The number of ether oxygens (including phenoxy) is 1. The highest BCUT2D eigenvalue weighted by Gasteiger charge is 2.06. The summed E-state index contributed by atoms with van der Waals surface area (Å²) in [6, 6.07) is 11.4. The number of rotatable bonds is 6. The summed E-state index contributed by atoms with van der Waals surface area (Å²) in [5, 5.41) is 2.91. The van der Waals surface area contributed by atoms with E-state index in [4.69, 9.17) is 4.74 Å². The Kier molecular flexibility index (Phi) is 5.15. The average Bonchev–Trinajstić information content (AvgIpc) is 2.97. The number of pyridine rings is 1. The highest BCUT2D eigenvalue weighted by atomic mass is 79.9. The summed E-state index contributed by atoms with van der Waals surface area (Å²) in [5.74, 6) is 0.787. The predicted molar refractivity (Wildman–Crippen MR) is 96.1 cm³/mol. The van der Waals surface area contributed by atoms with Gasteiger partial charge in [0.1, 0.15) is 11.4 Å². The summed E-state index contributed by atoms with van der Waals surface area (Å²) in [5.41, 5.74) is 2.64. The Morgan fingerprint density at radius 3 is 2.75 bits per heavy atom. The second-order valence-electron chi connectivity index (χ2n) is 5.38. The van der Waals surface area contributed by atoms with Crippen LogP contribution in [0.5, 0.6) is 5.75 Å². The van der Waals surface area contributed by atoms with Crippen LogP contribution in [0.3, 0.4) is 0 Å². The highest BCUT2D eigenvalue weighted by molar-refractivity contribution is 9.10. The van der Waals surface area contributed by atoms with Crippen molar-refractivity contribution in [3.05, 3.63) is 64.5 Å². The Balaban J connectivity index is 1.56. The van der Waals surface area contributed by atoms with Crippen LogP contribution in [0.1, 0.15) is 18.2 Å². The molecular formula is C18H18BrN3O2. The van der Waals surface area contributed by atoms with Crippen molar-refractivity contribution in [3.8, 4) is 5.75 Å². The quantitative estimate of drug-likeness (QED) is 0.705. The van der Waals surface area contributed by atoms with E-state index < -0.39 is 0 Å². The van der Waals surface area contributed by atoms with E-state index in [1.54, 1.807) is 0 Å². The SMILES string of the molecule is CCOc1ccc(CC(=O)NCc2cn3cc(Br)ccc3n2)cc1. The van der Waals surface area contributed by atoms with E-state index in [0.29, 0.717) is 19.6 Å². The summed E-state index contributed by atoms with van der Waals surface area (Å²) < 4.78 is 8.31. The number of nitrogens with zero attached hydrogens (tertiary/aromatic N) is 2. The zero-order valence-corrected chi connectivity index (χ0v) is 14.9. The monoisotopic (exact) mass is 387 g/mol. The number of nitrogens with one attached hydrogen (secondary N) is 1. The van der Waals surface area contributed by atoms with Gasteiger partial charge in [-0.05, 0) is 52.7 Å². The molecule has 3 rings (SSSR count). The van der Waals surface area contributed by atoms with Crippen molar-refractivity contribution in [2.45, 2.75) is 19.9 Å². The molecule has 1 N–H and O–H groups in total. The minimum atomic E-state index is -0.0302. The van der Waals surface area contributed by atoms with Crippen LogP contribution in [0, 0.1) is 0 Å². The topological polar surface area (TPSA) is 55.6 Å². The molecule has 0 saturated heterocycles. The molecule has 2 heterocycles. The summed E-state index contributed by atoms with van der Waals surface area (Å²) in [4.78, 5) is 16.6. The lowest BCUT2D eigenvalue weighted by molar-refractivity contribution is -0.120. The molecule has 0 aliphatic carbocycles. The molecule has 0 saturated carbocycles. The molecule has 5 nitrogen and oxygen atoms in total. The maximum absolute atomic E-state index is 12.1. The van der Waals surface area contributed by atoms with Gasteiger partial charge in [-0.15, -0.1) is 0 Å². The molecule has 1 aromatic carbocycles. The molecule has 6 heteroatoms. The van der Waals surface area contributed by atoms with Gasteiger partial charge in [0.25, 0.3) is 0 Å². The van der Waals surface area contributed by atoms with Crippen LogP contribution in [0.15, 0.2) is 53.3 Å².